The first kappa shape index (κ1) is 19.8. The van der Waals surface area contributed by atoms with E-state index in [0.717, 1.165) is 0 Å². The van der Waals surface area contributed by atoms with E-state index in [-0.39, 0.29) is 23.1 Å². The largest absolute Gasteiger partial charge is 0.481 e. The molecule has 1 unspecified atom stereocenters. The molecule has 2 amide bonds. The van der Waals surface area contributed by atoms with Crippen LogP contribution in [0.4, 0.5) is 8.78 Å². The molecule has 1 aliphatic heterocycles. The zero-order chi connectivity index (χ0) is 20.1. The molecule has 148 valence electrons. The Hall–Kier alpha value is -2.96. The number of hydrogen-bond donors (Lipinski definition) is 0. The average molecular weight is 388 g/mol. The minimum absolute atomic E-state index is 0.0325. The second-order valence-corrected chi connectivity index (χ2v) is 6.67. The maximum absolute atomic E-state index is 13.9. The molecule has 0 aromatic heterocycles. The van der Waals surface area contributed by atoms with Crippen LogP contribution < -0.4 is 4.74 Å². The van der Waals surface area contributed by atoms with E-state index in [0.29, 0.717) is 32.6 Å². The van der Waals surface area contributed by atoms with Crippen molar-refractivity contribution >= 4 is 11.8 Å². The number of amides is 2. The summed E-state index contributed by atoms with van der Waals surface area (Å²) in [4.78, 5) is 28.4. The zero-order valence-corrected chi connectivity index (χ0v) is 15.6. The predicted molar refractivity (Wildman–Crippen MR) is 100.0 cm³/mol. The summed E-state index contributed by atoms with van der Waals surface area (Å²) in [7, 11) is 0. The Bertz CT molecular complexity index is 859. The summed E-state index contributed by atoms with van der Waals surface area (Å²) in [5.74, 6) is -1.32. The first-order valence-corrected chi connectivity index (χ1v) is 9.20. The molecule has 2 aromatic rings. The summed E-state index contributed by atoms with van der Waals surface area (Å²) in [6, 6.07) is 11.5. The Morgan fingerprint density at radius 3 is 2.43 bits per heavy atom. The highest BCUT2D eigenvalue weighted by Crippen LogP contribution is 2.16. The minimum atomic E-state index is -0.782. The van der Waals surface area contributed by atoms with Gasteiger partial charge in [-0.25, -0.2) is 8.78 Å². The number of ether oxygens (including phenoxy) is 1. The standard InChI is InChI=1S/C21H22F2N2O3/c1-15(28-17-7-4-6-16(22)14-17)20(26)24-10-5-11-25(13-12-24)21(27)18-8-2-3-9-19(18)23/h2-4,6-9,14-15H,5,10-13H2,1H3. The van der Waals surface area contributed by atoms with E-state index in [1.807, 2.05) is 0 Å². The Morgan fingerprint density at radius 2 is 1.68 bits per heavy atom. The molecule has 1 aliphatic rings. The molecule has 0 spiro atoms. The number of benzene rings is 2. The van der Waals surface area contributed by atoms with Crippen molar-refractivity contribution in [3.63, 3.8) is 0 Å². The van der Waals surface area contributed by atoms with Crippen molar-refractivity contribution in [1.29, 1.82) is 0 Å². The van der Waals surface area contributed by atoms with Crippen LogP contribution in [0.1, 0.15) is 23.7 Å². The Kier molecular flexibility index (Phi) is 6.23. The van der Waals surface area contributed by atoms with Crippen LogP contribution in [0.2, 0.25) is 0 Å². The lowest BCUT2D eigenvalue weighted by Gasteiger charge is -2.25. The number of carbonyl (C=O) groups is 2. The lowest BCUT2D eigenvalue weighted by molar-refractivity contribution is -0.137. The molecule has 3 rings (SSSR count). The van der Waals surface area contributed by atoms with Gasteiger partial charge >= 0.3 is 0 Å². The molecule has 1 atom stereocenters. The highest BCUT2D eigenvalue weighted by Gasteiger charge is 2.27. The number of carbonyl (C=O) groups excluding carboxylic acids is 2. The second kappa shape index (κ2) is 8.82. The molecular formula is C21H22F2N2O3. The maximum Gasteiger partial charge on any atom is 0.263 e. The lowest BCUT2D eigenvalue weighted by atomic mass is 10.2. The molecule has 1 heterocycles. The van der Waals surface area contributed by atoms with Gasteiger partial charge in [0.1, 0.15) is 17.4 Å². The molecule has 0 bridgehead atoms. The summed E-state index contributed by atoms with van der Waals surface area (Å²) >= 11 is 0. The van der Waals surface area contributed by atoms with Gasteiger partial charge in [-0.1, -0.05) is 18.2 Å². The number of rotatable bonds is 4. The van der Waals surface area contributed by atoms with Crippen LogP contribution in [0.25, 0.3) is 0 Å². The molecule has 0 radical (unpaired) electrons. The van der Waals surface area contributed by atoms with Crippen molar-refractivity contribution in [2.24, 2.45) is 0 Å². The first-order valence-electron chi connectivity index (χ1n) is 9.20. The van der Waals surface area contributed by atoms with E-state index in [1.54, 1.807) is 28.9 Å². The summed E-state index contributed by atoms with van der Waals surface area (Å²) in [5.41, 5.74) is 0.0325. The third-order valence-corrected chi connectivity index (χ3v) is 4.66. The molecule has 1 fully saturated rings. The van der Waals surface area contributed by atoms with Crippen LogP contribution >= 0.6 is 0 Å². The molecule has 5 nitrogen and oxygen atoms in total. The quantitative estimate of drug-likeness (QED) is 0.809. The average Bonchev–Trinajstić information content (AvgIpc) is 2.93. The van der Waals surface area contributed by atoms with E-state index < -0.39 is 17.7 Å². The summed E-state index contributed by atoms with van der Waals surface area (Å²) in [5, 5.41) is 0. The second-order valence-electron chi connectivity index (χ2n) is 6.67. The highest BCUT2D eigenvalue weighted by atomic mass is 19.1. The fourth-order valence-corrected chi connectivity index (χ4v) is 3.20. The van der Waals surface area contributed by atoms with Gasteiger partial charge in [0, 0.05) is 32.2 Å². The van der Waals surface area contributed by atoms with Crippen molar-refractivity contribution in [3.05, 3.63) is 65.7 Å². The molecule has 0 saturated carbocycles. The van der Waals surface area contributed by atoms with E-state index in [9.17, 15) is 18.4 Å². The number of halogens is 2. The monoisotopic (exact) mass is 388 g/mol. The van der Waals surface area contributed by atoms with E-state index >= 15 is 0 Å². The molecule has 0 N–H and O–H groups in total. The SMILES string of the molecule is CC(Oc1cccc(F)c1)C(=O)N1CCCN(C(=O)c2ccccc2F)CC1. The number of nitrogens with zero attached hydrogens (tertiary/aromatic N) is 2. The summed E-state index contributed by atoms with van der Waals surface area (Å²) < 4.78 is 32.7. The van der Waals surface area contributed by atoms with Crippen molar-refractivity contribution in [3.8, 4) is 5.75 Å². The van der Waals surface area contributed by atoms with Gasteiger partial charge < -0.3 is 14.5 Å². The first-order chi connectivity index (χ1) is 13.5. The van der Waals surface area contributed by atoms with Crippen LogP contribution in [0.5, 0.6) is 5.75 Å². The summed E-state index contributed by atoms with van der Waals surface area (Å²) in [6.07, 6.45) is -0.200. The molecule has 28 heavy (non-hydrogen) atoms. The van der Waals surface area contributed by atoms with Gasteiger partial charge in [0.2, 0.25) is 0 Å². The van der Waals surface area contributed by atoms with E-state index in [2.05, 4.69) is 0 Å². The van der Waals surface area contributed by atoms with Crippen LogP contribution in [0.3, 0.4) is 0 Å². The Labute approximate surface area is 162 Å². The Morgan fingerprint density at radius 1 is 0.964 bits per heavy atom. The van der Waals surface area contributed by atoms with Gasteiger partial charge in [-0.3, -0.25) is 9.59 Å². The molecule has 1 saturated heterocycles. The van der Waals surface area contributed by atoms with Gasteiger partial charge in [-0.2, -0.15) is 0 Å². The smallest absolute Gasteiger partial charge is 0.263 e. The predicted octanol–water partition coefficient (Wildman–Crippen LogP) is 3.11. The third kappa shape index (κ3) is 4.65. The normalized spacial score (nSPS) is 15.7. The molecular weight excluding hydrogens is 366 g/mol. The fraction of sp³-hybridized carbons (Fsp3) is 0.333. The van der Waals surface area contributed by atoms with E-state index in [1.165, 1.54) is 36.4 Å². The highest BCUT2D eigenvalue weighted by molar-refractivity contribution is 5.94. The van der Waals surface area contributed by atoms with Gasteiger partial charge in [0.25, 0.3) is 11.8 Å². The lowest BCUT2D eigenvalue weighted by Crippen LogP contribution is -2.43. The Balaban J connectivity index is 1.60. The van der Waals surface area contributed by atoms with Crippen LogP contribution in [-0.2, 0) is 4.79 Å². The maximum atomic E-state index is 13.9. The third-order valence-electron chi connectivity index (χ3n) is 4.66. The minimum Gasteiger partial charge on any atom is -0.481 e. The van der Waals surface area contributed by atoms with Gasteiger partial charge in [-0.15, -0.1) is 0 Å². The van der Waals surface area contributed by atoms with Crippen LogP contribution in [0.15, 0.2) is 48.5 Å². The molecule has 7 heteroatoms. The number of hydrogen-bond acceptors (Lipinski definition) is 3. The topological polar surface area (TPSA) is 49.9 Å². The van der Waals surface area contributed by atoms with Gasteiger partial charge in [-0.05, 0) is 37.6 Å². The van der Waals surface area contributed by atoms with Crippen molar-refractivity contribution < 1.29 is 23.1 Å². The van der Waals surface area contributed by atoms with Crippen molar-refractivity contribution in [1.82, 2.24) is 9.80 Å². The van der Waals surface area contributed by atoms with Crippen molar-refractivity contribution in [2.45, 2.75) is 19.4 Å². The molecule has 0 aliphatic carbocycles. The fourth-order valence-electron chi connectivity index (χ4n) is 3.20. The van der Waals surface area contributed by atoms with Crippen LogP contribution in [-0.4, -0.2) is 53.9 Å². The van der Waals surface area contributed by atoms with Gasteiger partial charge in [0.15, 0.2) is 6.10 Å². The van der Waals surface area contributed by atoms with Crippen LogP contribution in [0, 0.1) is 11.6 Å². The summed E-state index contributed by atoms with van der Waals surface area (Å²) in [6.45, 7) is 3.16. The molecule has 2 aromatic carbocycles. The van der Waals surface area contributed by atoms with Crippen molar-refractivity contribution in [2.75, 3.05) is 26.2 Å². The van der Waals surface area contributed by atoms with Gasteiger partial charge in [0.05, 0.1) is 5.56 Å². The zero-order valence-electron chi connectivity index (χ0n) is 15.6. The van der Waals surface area contributed by atoms with E-state index in [4.69, 9.17) is 4.74 Å².